The molecule has 0 aliphatic heterocycles. The molecule has 0 spiro atoms. The highest BCUT2D eigenvalue weighted by atomic mass is 32.1. The fourth-order valence-corrected chi connectivity index (χ4v) is 4.69. The van der Waals surface area contributed by atoms with Crippen LogP contribution in [0.5, 0.6) is 0 Å². The molecule has 1 atom stereocenters. The van der Waals surface area contributed by atoms with Gasteiger partial charge in [0.1, 0.15) is 16.1 Å². The summed E-state index contributed by atoms with van der Waals surface area (Å²) in [5.74, 6) is 0.827. The van der Waals surface area contributed by atoms with Crippen LogP contribution in [0.25, 0.3) is 10.6 Å². The normalized spacial score (nSPS) is 12.8. The minimum Gasteiger partial charge on any atom is -0.375 e. The van der Waals surface area contributed by atoms with E-state index in [4.69, 9.17) is 9.72 Å². The second-order valence-corrected chi connectivity index (χ2v) is 8.68. The summed E-state index contributed by atoms with van der Waals surface area (Å²) in [6, 6.07) is 10.3. The molecule has 0 bridgehead atoms. The number of nitrogens with zero attached hydrogens (tertiary/aromatic N) is 4. The predicted octanol–water partition coefficient (Wildman–Crippen LogP) is 4.49. The maximum atomic E-state index is 5.35. The third kappa shape index (κ3) is 5.41. The van der Waals surface area contributed by atoms with Gasteiger partial charge in [0.2, 0.25) is 0 Å². The fraction of sp³-hybridized carbons (Fsp3) is 0.381. The molecule has 0 saturated carbocycles. The molecule has 154 valence electrons. The SMILES string of the molecule is CN=C(NCc1sc(-c2ccccc2)nc1C)N(C)Cc1csc(C(C)OC)n1. The first-order valence-electron chi connectivity index (χ1n) is 9.42. The van der Waals surface area contributed by atoms with Crippen LogP contribution in [-0.2, 0) is 17.8 Å². The van der Waals surface area contributed by atoms with Crippen LogP contribution in [0.2, 0.25) is 0 Å². The summed E-state index contributed by atoms with van der Waals surface area (Å²) in [5.41, 5.74) is 3.22. The van der Waals surface area contributed by atoms with E-state index in [9.17, 15) is 0 Å². The molecule has 1 unspecified atom stereocenters. The van der Waals surface area contributed by atoms with Gasteiger partial charge < -0.3 is 15.0 Å². The lowest BCUT2D eigenvalue weighted by molar-refractivity contribution is 0.119. The summed E-state index contributed by atoms with van der Waals surface area (Å²) in [6.07, 6.45) is 0.0182. The van der Waals surface area contributed by atoms with Crippen LogP contribution in [0.15, 0.2) is 40.7 Å². The molecular weight excluding hydrogens is 402 g/mol. The highest BCUT2D eigenvalue weighted by molar-refractivity contribution is 7.15. The first-order valence-corrected chi connectivity index (χ1v) is 11.1. The number of rotatable bonds is 7. The summed E-state index contributed by atoms with van der Waals surface area (Å²) in [5, 5.41) is 7.57. The molecule has 0 amide bonds. The highest BCUT2D eigenvalue weighted by Crippen LogP contribution is 2.27. The molecule has 6 nitrogen and oxygen atoms in total. The largest absolute Gasteiger partial charge is 0.375 e. The number of hydrogen-bond donors (Lipinski definition) is 1. The Hall–Kier alpha value is -2.29. The van der Waals surface area contributed by atoms with E-state index in [1.807, 2.05) is 32.2 Å². The van der Waals surface area contributed by atoms with E-state index < -0.39 is 0 Å². The number of ether oxygens (including phenoxy) is 1. The number of aryl methyl sites for hydroxylation is 1. The molecule has 0 aliphatic rings. The van der Waals surface area contributed by atoms with Gasteiger partial charge in [0.05, 0.1) is 24.5 Å². The van der Waals surface area contributed by atoms with E-state index >= 15 is 0 Å². The minimum atomic E-state index is 0.0182. The van der Waals surface area contributed by atoms with Gasteiger partial charge in [0.15, 0.2) is 5.96 Å². The van der Waals surface area contributed by atoms with Gasteiger partial charge in [0, 0.05) is 37.0 Å². The van der Waals surface area contributed by atoms with Gasteiger partial charge in [0.25, 0.3) is 0 Å². The summed E-state index contributed by atoms with van der Waals surface area (Å²) in [7, 11) is 5.52. The minimum absolute atomic E-state index is 0.0182. The number of methoxy groups -OCH3 is 1. The highest BCUT2D eigenvalue weighted by Gasteiger charge is 2.14. The molecule has 1 aromatic carbocycles. The van der Waals surface area contributed by atoms with Gasteiger partial charge >= 0.3 is 0 Å². The number of aromatic nitrogens is 2. The molecule has 8 heteroatoms. The van der Waals surface area contributed by atoms with Crippen molar-refractivity contribution in [3.05, 3.63) is 57.0 Å². The van der Waals surface area contributed by atoms with E-state index in [0.717, 1.165) is 32.9 Å². The van der Waals surface area contributed by atoms with Gasteiger partial charge in [-0.25, -0.2) is 9.97 Å². The van der Waals surface area contributed by atoms with Crippen LogP contribution < -0.4 is 5.32 Å². The Bertz CT molecular complexity index is 951. The fourth-order valence-electron chi connectivity index (χ4n) is 2.84. The molecule has 2 heterocycles. The zero-order valence-electron chi connectivity index (χ0n) is 17.5. The summed E-state index contributed by atoms with van der Waals surface area (Å²) >= 11 is 3.34. The summed E-state index contributed by atoms with van der Waals surface area (Å²) in [6.45, 7) is 5.44. The average molecular weight is 430 g/mol. The maximum absolute atomic E-state index is 5.35. The van der Waals surface area contributed by atoms with Crippen LogP contribution >= 0.6 is 22.7 Å². The number of hydrogen-bond acceptors (Lipinski definition) is 6. The molecule has 0 radical (unpaired) electrons. The zero-order valence-corrected chi connectivity index (χ0v) is 19.1. The Kier molecular flexibility index (Phi) is 7.35. The van der Waals surface area contributed by atoms with Crippen molar-refractivity contribution in [1.29, 1.82) is 0 Å². The quantitative estimate of drug-likeness (QED) is 0.443. The topological polar surface area (TPSA) is 62.6 Å². The van der Waals surface area contributed by atoms with Gasteiger partial charge in [-0.2, -0.15) is 0 Å². The first kappa shape index (κ1) is 21.4. The van der Waals surface area contributed by atoms with Crippen molar-refractivity contribution in [2.75, 3.05) is 21.2 Å². The Labute approximate surface area is 180 Å². The monoisotopic (exact) mass is 429 g/mol. The number of benzene rings is 1. The predicted molar refractivity (Wildman–Crippen MR) is 121 cm³/mol. The molecule has 2 aromatic heterocycles. The van der Waals surface area contributed by atoms with Crippen LogP contribution in [-0.4, -0.2) is 42.0 Å². The third-order valence-electron chi connectivity index (χ3n) is 4.56. The molecule has 29 heavy (non-hydrogen) atoms. The van der Waals surface area contributed by atoms with Gasteiger partial charge in [-0.1, -0.05) is 30.3 Å². The summed E-state index contributed by atoms with van der Waals surface area (Å²) < 4.78 is 5.35. The second-order valence-electron chi connectivity index (χ2n) is 6.71. The smallest absolute Gasteiger partial charge is 0.194 e. The molecule has 1 N–H and O–H groups in total. The van der Waals surface area contributed by atoms with Crippen molar-refractivity contribution < 1.29 is 4.74 Å². The van der Waals surface area contributed by atoms with E-state index in [-0.39, 0.29) is 6.10 Å². The zero-order chi connectivity index (χ0) is 20.8. The molecular formula is C21H27N5OS2. The van der Waals surface area contributed by atoms with Gasteiger partial charge in [-0.3, -0.25) is 4.99 Å². The van der Waals surface area contributed by atoms with Crippen molar-refractivity contribution in [3.63, 3.8) is 0 Å². The van der Waals surface area contributed by atoms with E-state index in [1.54, 1.807) is 36.8 Å². The molecule has 0 fully saturated rings. The lowest BCUT2D eigenvalue weighted by Gasteiger charge is -2.21. The Morgan fingerprint density at radius 2 is 2.03 bits per heavy atom. The second kappa shape index (κ2) is 9.96. The standard InChI is InChI=1S/C21H27N5OS2/c1-14-18(29-20(24-14)16-9-7-6-8-10-16)11-23-21(22-3)26(4)12-17-13-28-19(25-17)15(2)27-5/h6-10,13,15H,11-12H2,1-5H3,(H,22,23). The third-order valence-corrected chi connectivity index (χ3v) is 6.82. The molecule has 3 aromatic rings. The lowest BCUT2D eigenvalue weighted by atomic mass is 10.2. The maximum Gasteiger partial charge on any atom is 0.194 e. The molecule has 0 saturated heterocycles. The average Bonchev–Trinajstić information content (AvgIpc) is 3.35. The van der Waals surface area contributed by atoms with E-state index in [2.05, 4.69) is 44.6 Å². The van der Waals surface area contributed by atoms with Crippen LogP contribution in [0, 0.1) is 6.92 Å². The van der Waals surface area contributed by atoms with Crippen LogP contribution in [0.3, 0.4) is 0 Å². The van der Waals surface area contributed by atoms with Crippen molar-refractivity contribution in [2.45, 2.75) is 33.0 Å². The Balaban J connectivity index is 1.62. The van der Waals surface area contributed by atoms with E-state index in [1.165, 1.54) is 4.88 Å². The number of thiazole rings is 2. The van der Waals surface area contributed by atoms with Crippen molar-refractivity contribution in [2.24, 2.45) is 4.99 Å². The van der Waals surface area contributed by atoms with Crippen molar-refractivity contribution in [1.82, 2.24) is 20.2 Å². The molecule has 0 aliphatic carbocycles. The number of aliphatic imine (C=N–C) groups is 1. The van der Waals surface area contributed by atoms with E-state index in [0.29, 0.717) is 13.1 Å². The van der Waals surface area contributed by atoms with Gasteiger partial charge in [-0.15, -0.1) is 22.7 Å². The summed E-state index contributed by atoms with van der Waals surface area (Å²) in [4.78, 5) is 17.1. The van der Waals surface area contributed by atoms with Crippen LogP contribution in [0.1, 0.15) is 34.3 Å². The van der Waals surface area contributed by atoms with Crippen LogP contribution in [0.4, 0.5) is 0 Å². The van der Waals surface area contributed by atoms with Crippen molar-refractivity contribution >= 4 is 28.6 Å². The number of nitrogens with one attached hydrogen (secondary N) is 1. The van der Waals surface area contributed by atoms with Gasteiger partial charge in [-0.05, 0) is 13.8 Å². The van der Waals surface area contributed by atoms with Crippen molar-refractivity contribution in [3.8, 4) is 10.6 Å². The molecule has 3 rings (SSSR count). The Morgan fingerprint density at radius 3 is 2.72 bits per heavy atom. The first-order chi connectivity index (χ1) is 14.0. The lowest BCUT2D eigenvalue weighted by Crippen LogP contribution is -2.38. The number of guanidine groups is 1. The Morgan fingerprint density at radius 1 is 1.28 bits per heavy atom.